The number of hydrogen-bond donors (Lipinski definition) is 3. The zero-order chi connectivity index (χ0) is 15.7. The molecule has 0 amide bonds. The number of halogens is 1. The molecule has 4 N–H and O–H groups in total. The topological polar surface area (TPSA) is 114 Å². The molecule has 10 heteroatoms. The standard InChI is InChI=1S/C12H12FN5O2S2/c13-7-1-2-8-9(5-7)18-10(17-8)3-4-15-12-16-6-11(21-12)22(14,19)20/h1-2,5-6H,3-4H2,(H,15,16)(H,17,18)(H2,14,19,20). The second kappa shape index (κ2) is 5.63. The fourth-order valence-corrected chi connectivity index (χ4v) is 3.39. The number of aromatic nitrogens is 3. The number of benzene rings is 1. The molecule has 0 fully saturated rings. The summed E-state index contributed by atoms with van der Waals surface area (Å²) in [6.45, 7) is 0.500. The smallest absolute Gasteiger partial charge is 0.249 e. The number of nitrogens with two attached hydrogens (primary N) is 1. The van der Waals surface area contributed by atoms with Gasteiger partial charge in [-0.2, -0.15) is 0 Å². The molecule has 0 aliphatic heterocycles. The minimum Gasteiger partial charge on any atom is -0.361 e. The van der Waals surface area contributed by atoms with Gasteiger partial charge in [0.2, 0.25) is 10.0 Å². The highest BCUT2D eigenvalue weighted by atomic mass is 32.2. The summed E-state index contributed by atoms with van der Waals surface area (Å²) >= 11 is 0.967. The first-order valence-electron chi connectivity index (χ1n) is 6.28. The van der Waals surface area contributed by atoms with Crippen LogP contribution in [0.3, 0.4) is 0 Å². The van der Waals surface area contributed by atoms with Crippen molar-refractivity contribution in [2.45, 2.75) is 10.6 Å². The zero-order valence-electron chi connectivity index (χ0n) is 11.2. The Morgan fingerprint density at radius 1 is 1.41 bits per heavy atom. The van der Waals surface area contributed by atoms with Crippen LogP contribution in [0, 0.1) is 5.82 Å². The maximum absolute atomic E-state index is 13.1. The van der Waals surface area contributed by atoms with Crippen molar-refractivity contribution in [1.29, 1.82) is 0 Å². The number of imidazole rings is 1. The zero-order valence-corrected chi connectivity index (χ0v) is 12.8. The number of sulfonamides is 1. The summed E-state index contributed by atoms with van der Waals surface area (Å²) in [6, 6.07) is 4.35. The molecule has 2 heterocycles. The molecular formula is C12H12FN5O2S2. The van der Waals surface area contributed by atoms with Gasteiger partial charge in [-0.15, -0.1) is 0 Å². The molecule has 3 rings (SSSR count). The lowest BCUT2D eigenvalue weighted by atomic mass is 10.3. The summed E-state index contributed by atoms with van der Waals surface area (Å²) in [6.07, 6.45) is 1.77. The molecule has 0 radical (unpaired) electrons. The highest BCUT2D eigenvalue weighted by Gasteiger charge is 2.12. The number of H-pyrrole nitrogens is 1. The molecule has 0 spiro atoms. The molecule has 3 aromatic rings. The lowest BCUT2D eigenvalue weighted by Crippen LogP contribution is -2.10. The van der Waals surface area contributed by atoms with Crippen LogP contribution in [0.15, 0.2) is 28.6 Å². The third-order valence-corrected chi connectivity index (χ3v) is 5.26. The number of primary sulfonamides is 1. The van der Waals surface area contributed by atoms with E-state index in [2.05, 4.69) is 20.3 Å². The summed E-state index contributed by atoms with van der Waals surface area (Å²) in [5.74, 6) is 0.385. The van der Waals surface area contributed by atoms with E-state index in [-0.39, 0.29) is 10.0 Å². The fourth-order valence-electron chi connectivity index (χ4n) is 1.91. The molecule has 0 atom stereocenters. The van der Waals surface area contributed by atoms with Crippen LogP contribution in [0.5, 0.6) is 0 Å². The number of rotatable bonds is 5. The van der Waals surface area contributed by atoms with Crippen LogP contribution in [-0.4, -0.2) is 29.9 Å². The van der Waals surface area contributed by atoms with Crippen molar-refractivity contribution in [3.8, 4) is 0 Å². The Balaban J connectivity index is 1.63. The lowest BCUT2D eigenvalue weighted by molar-refractivity contribution is 0.599. The number of nitrogens with one attached hydrogen (secondary N) is 2. The van der Waals surface area contributed by atoms with E-state index in [1.54, 1.807) is 6.07 Å². The van der Waals surface area contributed by atoms with Gasteiger partial charge in [-0.3, -0.25) is 0 Å². The van der Waals surface area contributed by atoms with E-state index in [0.29, 0.717) is 35.0 Å². The Morgan fingerprint density at radius 2 is 2.23 bits per heavy atom. The molecule has 1 aromatic carbocycles. The predicted octanol–water partition coefficient (Wildman–Crippen LogP) is 1.46. The van der Waals surface area contributed by atoms with Crippen molar-refractivity contribution in [2.75, 3.05) is 11.9 Å². The van der Waals surface area contributed by atoms with Crippen molar-refractivity contribution in [3.05, 3.63) is 36.0 Å². The Kier molecular flexibility index (Phi) is 3.81. The van der Waals surface area contributed by atoms with Gasteiger partial charge in [0.1, 0.15) is 11.6 Å². The third kappa shape index (κ3) is 3.24. The van der Waals surface area contributed by atoms with Gasteiger partial charge in [-0.05, 0) is 18.2 Å². The quantitative estimate of drug-likeness (QED) is 0.650. The summed E-state index contributed by atoms with van der Waals surface area (Å²) in [5, 5.41) is 8.47. The molecule has 0 aliphatic rings. The first kappa shape index (κ1) is 14.9. The van der Waals surface area contributed by atoms with Crippen LogP contribution in [0.25, 0.3) is 11.0 Å². The fraction of sp³-hybridized carbons (Fsp3) is 0.167. The molecular weight excluding hydrogens is 329 g/mol. The maximum atomic E-state index is 13.1. The molecule has 0 bridgehead atoms. The van der Waals surface area contributed by atoms with E-state index < -0.39 is 10.0 Å². The molecule has 116 valence electrons. The largest absolute Gasteiger partial charge is 0.361 e. The minimum absolute atomic E-state index is 0.00853. The van der Waals surface area contributed by atoms with Crippen LogP contribution in [0.2, 0.25) is 0 Å². The van der Waals surface area contributed by atoms with Gasteiger partial charge in [0.15, 0.2) is 9.34 Å². The van der Waals surface area contributed by atoms with Crippen LogP contribution < -0.4 is 10.5 Å². The van der Waals surface area contributed by atoms with Crippen molar-refractivity contribution >= 4 is 37.5 Å². The van der Waals surface area contributed by atoms with Crippen LogP contribution in [-0.2, 0) is 16.4 Å². The normalized spacial score (nSPS) is 11.9. The molecule has 7 nitrogen and oxygen atoms in total. The predicted molar refractivity (Wildman–Crippen MR) is 81.7 cm³/mol. The molecule has 22 heavy (non-hydrogen) atoms. The monoisotopic (exact) mass is 341 g/mol. The number of nitrogens with zero attached hydrogens (tertiary/aromatic N) is 2. The van der Waals surface area contributed by atoms with Crippen molar-refractivity contribution in [2.24, 2.45) is 5.14 Å². The summed E-state index contributed by atoms with van der Waals surface area (Å²) in [7, 11) is -3.72. The average Bonchev–Trinajstić information content (AvgIpc) is 3.04. The van der Waals surface area contributed by atoms with Crippen LogP contribution in [0.4, 0.5) is 9.52 Å². The van der Waals surface area contributed by atoms with Gasteiger partial charge in [-0.1, -0.05) is 11.3 Å². The Morgan fingerprint density at radius 3 is 2.95 bits per heavy atom. The van der Waals surface area contributed by atoms with E-state index in [1.165, 1.54) is 18.3 Å². The van der Waals surface area contributed by atoms with E-state index in [9.17, 15) is 12.8 Å². The number of aromatic amines is 1. The summed E-state index contributed by atoms with van der Waals surface area (Å²) in [4.78, 5) is 11.3. The molecule has 0 saturated carbocycles. The number of thiazole rings is 1. The molecule has 2 aromatic heterocycles. The Labute approximate surface area is 129 Å². The van der Waals surface area contributed by atoms with E-state index >= 15 is 0 Å². The Bertz CT molecular complexity index is 919. The van der Waals surface area contributed by atoms with Gasteiger partial charge < -0.3 is 10.3 Å². The first-order chi connectivity index (χ1) is 10.4. The average molecular weight is 341 g/mol. The maximum Gasteiger partial charge on any atom is 0.249 e. The van der Waals surface area contributed by atoms with Crippen molar-refractivity contribution < 1.29 is 12.8 Å². The number of fused-ring (bicyclic) bond motifs is 1. The van der Waals surface area contributed by atoms with Gasteiger partial charge in [-0.25, -0.2) is 27.9 Å². The summed E-state index contributed by atoms with van der Waals surface area (Å²) in [5.41, 5.74) is 1.34. The first-order valence-corrected chi connectivity index (χ1v) is 8.65. The van der Waals surface area contributed by atoms with Gasteiger partial charge in [0.25, 0.3) is 0 Å². The number of anilines is 1. The van der Waals surface area contributed by atoms with Crippen LogP contribution >= 0.6 is 11.3 Å². The van der Waals surface area contributed by atoms with E-state index in [1.807, 2.05) is 0 Å². The van der Waals surface area contributed by atoms with Crippen LogP contribution in [0.1, 0.15) is 5.82 Å². The highest BCUT2D eigenvalue weighted by molar-refractivity contribution is 7.91. The number of hydrogen-bond acceptors (Lipinski definition) is 6. The molecule has 0 saturated heterocycles. The second-order valence-electron chi connectivity index (χ2n) is 4.55. The van der Waals surface area contributed by atoms with Crippen molar-refractivity contribution in [1.82, 2.24) is 15.0 Å². The third-order valence-electron chi connectivity index (χ3n) is 2.90. The lowest BCUT2D eigenvalue weighted by Gasteiger charge is -1.99. The van der Waals surface area contributed by atoms with E-state index in [4.69, 9.17) is 5.14 Å². The minimum atomic E-state index is -3.72. The van der Waals surface area contributed by atoms with E-state index in [0.717, 1.165) is 11.3 Å². The van der Waals surface area contributed by atoms with Gasteiger partial charge in [0.05, 0.1) is 17.2 Å². The van der Waals surface area contributed by atoms with Crippen molar-refractivity contribution in [3.63, 3.8) is 0 Å². The molecule has 0 aliphatic carbocycles. The molecule has 0 unspecified atom stereocenters. The Hall–Kier alpha value is -2.04. The van der Waals surface area contributed by atoms with Gasteiger partial charge >= 0.3 is 0 Å². The summed E-state index contributed by atoms with van der Waals surface area (Å²) < 4.78 is 35.4. The SMILES string of the molecule is NS(=O)(=O)c1cnc(NCCc2nc3ccc(F)cc3[nH]2)s1. The second-order valence-corrected chi connectivity index (χ2v) is 7.37. The van der Waals surface area contributed by atoms with Gasteiger partial charge in [0, 0.05) is 13.0 Å². The highest BCUT2D eigenvalue weighted by Crippen LogP contribution is 2.21.